The van der Waals surface area contributed by atoms with Gasteiger partial charge in [0.15, 0.2) is 4.60 Å². The molecule has 0 aliphatic carbocycles. The molecule has 2 heterocycles. The first-order chi connectivity index (χ1) is 15.3. The minimum atomic E-state index is -0.346. The number of carbonyl (C=O) groups excluding carboxylic acids is 2. The molecular weight excluding hydrogens is 519 g/mol. The van der Waals surface area contributed by atoms with Gasteiger partial charge in [0.05, 0.1) is 34.5 Å². The van der Waals surface area contributed by atoms with Crippen LogP contribution in [0.15, 0.2) is 47.1 Å². The molecule has 0 spiro atoms. The van der Waals surface area contributed by atoms with E-state index in [1.54, 1.807) is 59.1 Å². The first kappa shape index (κ1) is 22.6. The highest BCUT2D eigenvalue weighted by molar-refractivity contribution is 9.10. The lowest BCUT2D eigenvalue weighted by atomic mass is 10.0. The van der Waals surface area contributed by atoms with E-state index in [1.165, 1.54) is 7.11 Å². The highest BCUT2D eigenvalue weighted by Gasteiger charge is 2.36. The fourth-order valence-electron chi connectivity index (χ4n) is 3.82. The number of aromatic nitrogens is 2. The Bertz CT molecular complexity index is 1210. The fraction of sp³-hybridized carbons (Fsp3) is 0.227. The highest BCUT2D eigenvalue weighted by Crippen LogP contribution is 2.40. The van der Waals surface area contributed by atoms with Crippen molar-refractivity contribution < 1.29 is 14.3 Å². The molecule has 0 radical (unpaired) electrons. The van der Waals surface area contributed by atoms with E-state index >= 15 is 0 Å². The molecule has 0 saturated heterocycles. The fourth-order valence-corrected chi connectivity index (χ4v) is 4.95. The molecule has 1 atom stereocenters. The van der Waals surface area contributed by atoms with Crippen LogP contribution in [0, 0.1) is 0 Å². The molecule has 32 heavy (non-hydrogen) atoms. The Morgan fingerprint density at radius 3 is 2.62 bits per heavy atom. The second kappa shape index (κ2) is 9.13. The number of nitrogens with one attached hydrogen (secondary N) is 1. The van der Waals surface area contributed by atoms with Crippen molar-refractivity contribution in [3.05, 3.63) is 73.9 Å². The van der Waals surface area contributed by atoms with Crippen LogP contribution in [0.1, 0.15) is 38.9 Å². The summed E-state index contributed by atoms with van der Waals surface area (Å²) in [5.74, 6) is -0.0153. The summed E-state index contributed by atoms with van der Waals surface area (Å²) in [6.45, 7) is 0.382. The number of aryl methyl sites for hydroxylation is 1. The largest absolute Gasteiger partial charge is 0.495 e. The Labute approximate surface area is 203 Å². The third-order valence-electron chi connectivity index (χ3n) is 5.33. The number of ether oxygens (including phenoxy) is 1. The Balaban J connectivity index is 1.65. The molecule has 2 amide bonds. The molecule has 1 N–H and O–H groups in total. The maximum absolute atomic E-state index is 13.3. The zero-order chi connectivity index (χ0) is 23.0. The molecule has 0 fully saturated rings. The van der Waals surface area contributed by atoms with Crippen molar-refractivity contribution >= 4 is 56.6 Å². The molecule has 0 bridgehead atoms. The van der Waals surface area contributed by atoms with Crippen molar-refractivity contribution in [2.24, 2.45) is 7.05 Å². The molecule has 7 nitrogen and oxygen atoms in total. The van der Waals surface area contributed by atoms with Crippen LogP contribution < -0.4 is 15.0 Å². The van der Waals surface area contributed by atoms with Crippen molar-refractivity contribution in [1.29, 1.82) is 0 Å². The van der Waals surface area contributed by atoms with Crippen molar-refractivity contribution in [1.82, 2.24) is 15.1 Å². The summed E-state index contributed by atoms with van der Waals surface area (Å²) in [5.41, 5.74) is 2.15. The SMILES string of the molecule is COc1ccc(C(=O)N2CCC(NC(=O)c3ccccc3Cl)c3c2c(Br)nn3C)cc1Cl. The number of fused-ring (bicyclic) bond motifs is 1. The minimum Gasteiger partial charge on any atom is -0.495 e. The average Bonchev–Trinajstić information content (AvgIpc) is 3.08. The van der Waals surface area contributed by atoms with Gasteiger partial charge in [-0.2, -0.15) is 5.10 Å². The highest BCUT2D eigenvalue weighted by atomic mass is 79.9. The Hall–Kier alpha value is -2.55. The Morgan fingerprint density at radius 2 is 1.94 bits per heavy atom. The van der Waals surface area contributed by atoms with Crippen molar-refractivity contribution in [2.45, 2.75) is 12.5 Å². The Kier molecular flexibility index (Phi) is 6.46. The van der Waals surface area contributed by atoms with Crippen molar-refractivity contribution in [3.8, 4) is 5.75 Å². The van der Waals surface area contributed by atoms with Gasteiger partial charge in [-0.3, -0.25) is 14.3 Å². The molecule has 2 aromatic carbocycles. The van der Waals surface area contributed by atoms with Crippen molar-refractivity contribution in [3.63, 3.8) is 0 Å². The summed E-state index contributed by atoms with van der Waals surface area (Å²) in [7, 11) is 3.29. The minimum absolute atomic E-state index is 0.222. The maximum Gasteiger partial charge on any atom is 0.258 e. The van der Waals surface area contributed by atoms with Crippen LogP contribution in [0.25, 0.3) is 0 Å². The standard InChI is InChI=1S/C22H19BrCl2N4O3/c1-28-18-16(26-21(30)13-5-3-4-6-14(13)24)9-10-29(19(18)20(23)27-28)22(31)12-7-8-17(32-2)15(25)11-12/h3-8,11,16H,9-10H2,1-2H3,(H,26,30). The van der Waals surface area contributed by atoms with Crippen LogP contribution >= 0.6 is 39.1 Å². The van der Waals surface area contributed by atoms with Gasteiger partial charge in [-0.1, -0.05) is 35.3 Å². The summed E-state index contributed by atoms with van der Waals surface area (Å²) >= 11 is 15.9. The van der Waals surface area contributed by atoms with E-state index in [1.807, 2.05) is 0 Å². The molecule has 10 heteroatoms. The quantitative estimate of drug-likeness (QED) is 0.507. The number of anilines is 1. The second-order valence-corrected chi connectivity index (χ2v) is 8.81. The first-order valence-corrected chi connectivity index (χ1v) is 11.3. The first-order valence-electron chi connectivity index (χ1n) is 9.75. The maximum atomic E-state index is 13.3. The number of amides is 2. The normalized spacial score (nSPS) is 15.3. The number of nitrogens with zero attached hydrogens (tertiary/aromatic N) is 3. The predicted octanol–water partition coefficient (Wildman–Crippen LogP) is 5.02. The number of benzene rings is 2. The number of carbonyl (C=O) groups is 2. The summed E-state index contributed by atoms with van der Waals surface area (Å²) in [6.07, 6.45) is 0.505. The molecular formula is C22H19BrCl2N4O3. The molecule has 1 aliphatic heterocycles. The summed E-state index contributed by atoms with van der Waals surface area (Å²) < 4.78 is 7.35. The molecule has 1 aromatic heterocycles. The third kappa shape index (κ3) is 4.10. The summed E-state index contributed by atoms with van der Waals surface area (Å²) in [6, 6.07) is 11.4. The average molecular weight is 538 g/mol. The van der Waals surface area contributed by atoms with Gasteiger partial charge in [0.2, 0.25) is 0 Å². The molecule has 3 aromatic rings. The number of halogens is 3. The molecule has 1 unspecified atom stereocenters. The lowest BCUT2D eigenvalue weighted by Gasteiger charge is -2.33. The van der Waals surface area contributed by atoms with Gasteiger partial charge < -0.3 is 15.0 Å². The molecule has 166 valence electrons. The van der Waals surface area contributed by atoms with Gasteiger partial charge in [0.1, 0.15) is 11.4 Å². The van der Waals surface area contributed by atoms with Gasteiger partial charge in [0, 0.05) is 19.2 Å². The molecule has 0 saturated carbocycles. The lowest BCUT2D eigenvalue weighted by Crippen LogP contribution is -2.41. The van der Waals surface area contributed by atoms with Gasteiger partial charge in [-0.25, -0.2) is 0 Å². The van der Waals surface area contributed by atoms with E-state index in [2.05, 4.69) is 26.3 Å². The van der Waals surface area contributed by atoms with E-state index in [-0.39, 0.29) is 17.9 Å². The zero-order valence-electron chi connectivity index (χ0n) is 17.2. The third-order valence-corrected chi connectivity index (χ3v) is 6.49. The van der Waals surface area contributed by atoms with E-state index in [4.69, 9.17) is 27.9 Å². The monoisotopic (exact) mass is 536 g/mol. The number of hydrogen-bond donors (Lipinski definition) is 1. The van der Waals surface area contributed by atoms with Crippen LogP contribution in [0.4, 0.5) is 5.69 Å². The number of methoxy groups -OCH3 is 1. The van der Waals surface area contributed by atoms with Crippen LogP contribution in [-0.4, -0.2) is 35.2 Å². The predicted molar refractivity (Wildman–Crippen MR) is 127 cm³/mol. The molecule has 1 aliphatic rings. The Morgan fingerprint density at radius 1 is 1.19 bits per heavy atom. The summed E-state index contributed by atoms with van der Waals surface area (Å²) in [5, 5.41) is 8.18. The topological polar surface area (TPSA) is 76.5 Å². The second-order valence-electron chi connectivity index (χ2n) is 7.25. The van der Waals surface area contributed by atoms with E-state index in [0.29, 0.717) is 50.2 Å². The number of rotatable bonds is 4. The summed E-state index contributed by atoms with van der Waals surface area (Å²) in [4.78, 5) is 27.8. The van der Waals surface area contributed by atoms with Gasteiger partial charge in [-0.05, 0) is 52.7 Å². The van der Waals surface area contributed by atoms with Crippen molar-refractivity contribution in [2.75, 3.05) is 18.6 Å². The van der Waals surface area contributed by atoms with E-state index in [0.717, 1.165) is 5.69 Å². The van der Waals surface area contributed by atoms with Crippen LogP contribution in [0.5, 0.6) is 5.75 Å². The van der Waals surface area contributed by atoms with Gasteiger partial charge in [-0.15, -0.1) is 0 Å². The molecule has 4 rings (SSSR count). The van der Waals surface area contributed by atoms with Gasteiger partial charge in [0.25, 0.3) is 11.8 Å². The van der Waals surface area contributed by atoms with E-state index in [9.17, 15) is 9.59 Å². The zero-order valence-corrected chi connectivity index (χ0v) is 20.3. The van der Waals surface area contributed by atoms with Crippen LogP contribution in [0.3, 0.4) is 0 Å². The van der Waals surface area contributed by atoms with Gasteiger partial charge >= 0.3 is 0 Å². The smallest absolute Gasteiger partial charge is 0.258 e. The van der Waals surface area contributed by atoms with Crippen LogP contribution in [-0.2, 0) is 7.05 Å². The van der Waals surface area contributed by atoms with E-state index < -0.39 is 0 Å². The number of hydrogen-bond acceptors (Lipinski definition) is 4. The lowest BCUT2D eigenvalue weighted by molar-refractivity contribution is 0.0931. The van der Waals surface area contributed by atoms with Crippen LogP contribution in [0.2, 0.25) is 10.0 Å².